The van der Waals surface area contributed by atoms with Crippen molar-refractivity contribution in [3.8, 4) is 22.4 Å². The lowest BCUT2D eigenvalue weighted by Crippen LogP contribution is -2.30. The van der Waals surface area contributed by atoms with Gasteiger partial charge in [0, 0.05) is 42.1 Å². The van der Waals surface area contributed by atoms with E-state index in [1.807, 2.05) is 48.5 Å². The van der Waals surface area contributed by atoms with Crippen LogP contribution in [0.25, 0.3) is 33.3 Å². The molecule has 0 radical (unpaired) electrons. The maximum Gasteiger partial charge on any atom is 0.322 e. The Hall–Kier alpha value is -4.50. The van der Waals surface area contributed by atoms with Crippen molar-refractivity contribution in [1.29, 1.82) is 0 Å². The van der Waals surface area contributed by atoms with E-state index in [-0.39, 0.29) is 24.0 Å². The van der Waals surface area contributed by atoms with Crippen LogP contribution in [0.5, 0.6) is 0 Å². The molecule has 9 nitrogen and oxygen atoms in total. The Kier molecular flexibility index (Phi) is 5.76. The van der Waals surface area contributed by atoms with Crippen LogP contribution in [0.1, 0.15) is 11.1 Å². The largest absolute Gasteiger partial charge is 0.322 e. The zero-order valence-corrected chi connectivity index (χ0v) is 19.2. The Labute approximate surface area is 205 Å². The highest BCUT2D eigenvalue weighted by atomic mass is 35.5. The highest BCUT2D eigenvalue weighted by Gasteiger charge is 2.23. The van der Waals surface area contributed by atoms with E-state index in [1.54, 1.807) is 29.6 Å². The number of anilines is 1. The van der Waals surface area contributed by atoms with Gasteiger partial charge in [-0.05, 0) is 53.1 Å². The molecule has 6 rings (SSSR count). The first kappa shape index (κ1) is 22.3. The number of amides is 2. The first-order valence-electron chi connectivity index (χ1n) is 10.8. The van der Waals surface area contributed by atoms with Gasteiger partial charge in [-0.25, -0.2) is 9.89 Å². The average molecular weight is 486 g/mol. The van der Waals surface area contributed by atoms with Crippen LogP contribution < -0.4 is 10.9 Å². The summed E-state index contributed by atoms with van der Waals surface area (Å²) in [5, 5.41) is 17.6. The molecule has 35 heavy (non-hydrogen) atoms. The molecule has 0 saturated carbocycles. The van der Waals surface area contributed by atoms with E-state index in [2.05, 4.69) is 30.7 Å². The van der Waals surface area contributed by atoms with E-state index in [0.29, 0.717) is 30.0 Å². The minimum atomic E-state index is -0.266. The second-order valence-electron chi connectivity index (χ2n) is 8.18. The van der Waals surface area contributed by atoms with Gasteiger partial charge in [0.15, 0.2) is 0 Å². The minimum Gasteiger partial charge on any atom is -0.316 e. The number of aromatic amines is 2. The summed E-state index contributed by atoms with van der Waals surface area (Å²) in [5.74, 6) is 0. The monoisotopic (exact) mass is 485 g/mol. The minimum absolute atomic E-state index is 0. The fourth-order valence-electron chi connectivity index (χ4n) is 4.17. The van der Waals surface area contributed by atoms with Gasteiger partial charge in [0.25, 0.3) is 5.56 Å². The quantitative estimate of drug-likeness (QED) is 0.351. The number of pyridine rings is 1. The number of rotatable bonds is 3. The van der Waals surface area contributed by atoms with E-state index in [0.717, 1.165) is 33.2 Å². The van der Waals surface area contributed by atoms with Crippen molar-refractivity contribution in [3.05, 3.63) is 94.7 Å². The van der Waals surface area contributed by atoms with Crippen LogP contribution in [0.15, 0.2) is 78.0 Å². The van der Waals surface area contributed by atoms with Gasteiger partial charge in [0.05, 0.1) is 23.0 Å². The summed E-state index contributed by atoms with van der Waals surface area (Å²) in [6.07, 6.45) is 5.26. The molecule has 1 aliphatic rings. The number of nitrogens with one attached hydrogen (secondary N) is 3. The Morgan fingerprint density at radius 1 is 0.914 bits per heavy atom. The standard InChI is InChI=1S/C25H19N7O2.ClH/c33-24-21(16-3-6-22-18(9-16)12-27-29-22)10-23(30-31-24)15-1-4-20(5-2-15)28-25(34)32-13-17-7-8-26-11-19(17)14-32;/h1-12H,13-14H2,(H,27,29)(H,28,34)(H,31,33);1H. The third-order valence-electron chi connectivity index (χ3n) is 6.00. The van der Waals surface area contributed by atoms with Crippen LogP contribution in [0, 0.1) is 0 Å². The highest BCUT2D eigenvalue weighted by molar-refractivity contribution is 5.90. The number of carbonyl (C=O) groups excluding carboxylic acids is 1. The number of H-pyrrole nitrogens is 2. The average Bonchev–Trinajstić information content (AvgIpc) is 3.51. The topological polar surface area (TPSA) is 120 Å². The van der Waals surface area contributed by atoms with Crippen LogP contribution in [-0.4, -0.2) is 36.3 Å². The molecule has 0 saturated heterocycles. The Balaban J connectivity index is 0.00000253. The Bertz CT molecular complexity index is 1570. The molecule has 3 aromatic heterocycles. The Morgan fingerprint density at radius 2 is 1.71 bits per heavy atom. The zero-order valence-electron chi connectivity index (χ0n) is 18.4. The van der Waals surface area contributed by atoms with Gasteiger partial charge in [-0.1, -0.05) is 18.2 Å². The molecular weight excluding hydrogens is 466 g/mol. The second-order valence-corrected chi connectivity index (χ2v) is 8.18. The van der Waals surface area contributed by atoms with Crippen molar-refractivity contribution in [1.82, 2.24) is 30.3 Å². The lowest BCUT2D eigenvalue weighted by atomic mass is 10.0. The molecule has 0 bridgehead atoms. The van der Waals surface area contributed by atoms with Gasteiger partial charge in [-0.3, -0.25) is 14.9 Å². The molecule has 5 aromatic rings. The predicted octanol–water partition coefficient (Wildman–Crippen LogP) is 4.34. The van der Waals surface area contributed by atoms with Crippen LogP contribution in [0.3, 0.4) is 0 Å². The van der Waals surface area contributed by atoms with Crippen molar-refractivity contribution >= 4 is 35.0 Å². The maximum absolute atomic E-state index is 12.7. The van der Waals surface area contributed by atoms with Gasteiger partial charge in [0.2, 0.25) is 0 Å². The van der Waals surface area contributed by atoms with Gasteiger partial charge in [-0.2, -0.15) is 10.2 Å². The molecule has 10 heteroatoms. The number of fused-ring (bicyclic) bond motifs is 2. The van der Waals surface area contributed by atoms with Gasteiger partial charge < -0.3 is 10.2 Å². The van der Waals surface area contributed by atoms with Gasteiger partial charge in [-0.15, -0.1) is 12.4 Å². The molecule has 2 aromatic carbocycles. The number of halogens is 1. The van der Waals surface area contributed by atoms with Crippen molar-refractivity contribution in [2.24, 2.45) is 0 Å². The molecule has 4 heterocycles. The number of hydrogen-bond donors (Lipinski definition) is 3. The third kappa shape index (κ3) is 4.24. The number of nitrogens with zero attached hydrogens (tertiary/aromatic N) is 4. The summed E-state index contributed by atoms with van der Waals surface area (Å²) >= 11 is 0. The number of hydrogen-bond acceptors (Lipinski definition) is 5. The van der Waals surface area contributed by atoms with E-state index in [9.17, 15) is 9.59 Å². The molecule has 1 aliphatic heterocycles. The highest BCUT2D eigenvalue weighted by Crippen LogP contribution is 2.26. The summed E-state index contributed by atoms with van der Waals surface area (Å²) in [5.41, 5.74) is 6.25. The molecule has 174 valence electrons. The second kappa shape index (κ2) is 9.03. The zero-order chi connectivity index (χ0) is 23.1. The molecular formula is C25H20ClN7O2. The molecule has 0 unspecified atom stereocenters. The molecule has 2 amide bonds. The normalized spacial score (nSPS) is 12.3. The summed E-state index contributed by atoms with van der Waals surface area (Å²) in [6.45, 7) is 1.11. The lowest BCUT2D eigenvalue weighted by Gasteiger charge is -2.16. The number of urea groups is 1. The maximum atomic E-state index is 12.7. The van der Waals surface area contributed by atoms with Crippen molar-refractivity contribution < 1.29 is 4.79 Å². The number of benzene rings is 2. The van der Waals surface area contributed by atoms with Crippen molar-refractivity contribution in [3.63, 3.8) is 0 Å². The van der Waals surface area contributed by atoms with E-state index in [1.165, 1.54) is 0 Å². The van der Waals surface area contributed by atoms with Crippen LogP contribution in [0.2, 0.25) is 0 Å². The SMILES string of the molecule is Cl.O=C(Nc1ccc(-c2cc(-c3ccc4[nH]ncc4c3)c(=O)[nH]n2)cc1)N1Cc2ccncc2C1. The number of carbonyl (C=O) groups is 1. The smallest absolute Gasteiger partial charge is 0.316 e. The molecule has 3 N–H and O–H groups in total. The fourth-order valence-corrected chi connectivity index (χ4v) is 4.17. The first-order chi connectivity index (χ1) is 16.6. The summed E-state index contributed by atoms with van der Waals surface area (Å²) in [6, 6.07) is 16.6. The van der Waals surface area contributed by atoms with E-state index >= 15 is 0 Å². The number of aromatic nitrogens is 5. The van der Waals surface area contributed by atoms with Crippen LogP contribution >= 0.6 is 12.4 Å². The fraction of sp³-hybridized carbons (Fsp3) is 0.0800. The molecule has 0 aliphatic carbocycles. The molecule has 0 fully saturated rings. The van der Waals surface area contributed by atoms with Crippen molar-refractivity contribution in [2.45, 2.75) is 13.1 Å². The molecule has 0 spiro atoms. The summed E-state index contributed by atoms with van der Waals surface area (Å²) < 4.78 is 0. The molecule has 0 atom stereocenters. The predicted molar refractivity (Wildman–Crippen MR) is 135 cm³/mol. The van der Waals surface area contributed by atoms with Crippen LogP contribution in [-0.2, 0) is 13.1 Å². The van der Waals surface area contributed by atoms with Gasteiger partial charge >= 0.3 is 6.03 Å². The van der Waals surface area contributed by atoms with E-state index < -0.39 is 0 Å². The first-order valence-corrected chi connectivity index (χ1v) is 10.8. The van der Waals surface area contributed by atoms with Crippen LogP contribution in [0.4, 0.5) is 10.5 Å². The van der Waals surface area contributed by atoms with E-state index in [4.69, 9.17) is 0 Å². The Morgan fingerprint density at radius 3 is 2.54 bits per heavy atom. The third-order valence-corrected chi connectivity index (χ3v) is 6.00. The summed E-state index contributed by atoms with van der Waals surface area (Å²) in [7, 11) is 0. The summed E-state index contributed by atoms with van der Waals surface area (Å²) in [4.78, 5) is 31.0. The lowest BCUT2D eigenvalue weighted by molar-refractivity contribution is 0.212. The van der Waals surface area contributed by atoms with Crippen molar-refractivity contribution in [2.75, 3.05) is 5.32 Å². The van der Waals surface area contributed by atoms with Gasteiger partial charge in [0.1, 0.15) is 0 Å².